The van der Waals surface area contributed by atoms with Gasteiger partial charge in [-0.25, -0.2) is 0 Å². The van der Waals surface area contributed by atoms with Gasteiger partial charge in [0, 0.05) is 36.8 Å². The summed E-state index contributed by atoms with van der Waals surface area (Å²) in [4.78, 5) is 18.1. The molecule has 1 amide bonds. The third kappa shape index (κ3) is 5.58. The number of rotatable bonds is 6. The summed E-state index contributed by atoms with van der Waals surface area (Å²) in [6.45, 7) is 2.70. The third-order valence-corrected chi connectivity index (χ3v) is 8.80. The van der Waals surface area contributed by atoms with Crippen LogP contribution in [0.25, 0.3) is 0 Å². The van der Waals surface area contributed by atoms with E-state index in [1.165, 1.54) is 55.5 Å². The first-order valence-corrected chi connectivity index (χ1v) is 13.7. The molecule has 0 spiro atoms. The average molecular weight is 515 g/mol. The third-order valence-electron chi connectivity index (χ3n) is 8.80. The predicted octanol–water partition coefficient (Wildman–Crippen LogP) is 6.25. The lowest BCUT2D eigenvalue weighted by molar-refractivity contribution is -0.258. The van der Waals surface area contributed by atoms with Gasteiger partial charge in [-0.1, -0.05) is 42.5 Å². The smallest absolute Gasteiger partial charge is 0.376 e. The standard InChI is InChI=1S/C30H37F3N2O2/c1-29(37,30(31,32)33)24-11-7-23(8-12-24)28(36)35(26-15-16-26)27-17-19-34(20-18-27)25-13-9-22(10-14-25)21-5-3-2-4-6-21/h2-8,11-12,22,25-27,37H,9-10,13-20H2,1H3/t22?,25?,29-/m0/s1. The van der Waals surface area contributed by atoms with Crippen LogP contribution in [0.15, 0.2) is 54.6 Å². The second-order valence-corrected chi connectivity index (χ2v) is 11.3. The van der Waals surface area contributed by atoms with Gasteiger partial charge in [-0.3, -0.25) is 4.79 Å². The number of carbonyl (C=O) groups is 1. The quantitative estimate of drug-likeness (QED) is 0.496. The van der Waals surface area contributed by atoms with E-state index in [4.69, 9.17) is 0 Å². The number of alkyl halides is 3. The number of likely N-dealkylation sites (tertiary alicyclic amines) is 1. The molecule has 1 saturated heterocycles. The SMILES string of the molecule is C[C@](O)(c1ccc(C(=O)N(C2CC2)C2CCN(C3CCC(c4ccccc4)CC3)CC2)cc1)C(F)(F)F. The van der Waals surface area contributed by atoms with Crippen molar-refractivity contribution in [3.8, 4) is 0 Å². The van der Waals surface area contributed by atoms with E-state index in [1.807, 2.05) is 4.90 Å². The fourth-order valence-electron chi connectivity index (χ4n) is 6.26. The highest BCUT2D eigenvalue weighted by Gasteiger charge is 2.51. The highest BCUT2D eigenvalue weighted by Crippen LogP contribution is 2.40. The van der Waals surface area contributed by atoms with Crippen molar-refractivity contribution in [3.63, 3.8) is 0 Å². The fourth-order valence-corrected chi connectivity index (χ4v) is 6.26. The molecule has 0 aromatic heterocycles. The number of hydrogen-bond acceptors (Lipinski definition) is 3. The summed E-state index contributed by atoms with van der Waals surface area (Å²) in [6.07, 6.45) is 3.91. The maximum Gasteiger partial charge on any atom is 0.421 e. The van der Waals surface area contributed by atoms with Gasteiger partial charge in [0.15, 0.2) is 5.60 Å². The molecule has 7 heteroatoms. The van der Waals surface area contributed by atoms with Crippen LogP contribution in [0.3, 0.4) is 0 Å². The molecule has 1 atom stereocenters. The van der Waals surface area contributed by atoms with Crippen molar-refractivity contribution >= 4 is 5.91 Å². The Labute approximate surface area is 217 Å². The molecule has 1 heterocycles. The number of nitrogens with zero attached hydrogens (tertiary/aromatic N) is 2. The van der Waals surface area contributed by atoms with Crippen LogP contribution >= 0.6 is 0 Å². The lowest BCUT2D eigenvalue weighted by Crippen LogP contribution is -2.51. The van der Waals surface area contributed by atoms with E-state index in [0.29, 0.717) is 17.5 Å². The van der Waals surface area contributed by atoms with Gasteiger partial charge in [0.1, 0.15) is 0 Å². The molecule has 4 nitrogen and oxygen atoms in total. The van der Waals surface area contributed by atoms with Gasteiger partial charge in [0.05, 0.1) is 0 Å². The minimum atomic E-state index is -4.78. The highest BCUT2D eigenvalue weighted by atomic mass is 19.4. The van der Waals surface area contributed by atoms with Gasteiger partial charge in [0.2, 0.25) is 0 Å². The van der Waals surface area contributed by atoms with Crippen molar-refractivity contribution in [1.82, 2.24) is 9.80 Å². The van der Waals surface area contributed by atoms with Crippen molar-refractivity contribution < 1.29 is 23.1 Å². The number of carbonyl (C=O) groups excluding carboxylic acids is 1. The molecule has 1 aliphatic heterocycles. The Morgan fingerprint density at radius 2 is 1.41 bits per heavy atom. The molecule has 0 bridgehead atoms. The normalized spacial score (nSPS) is 25.4. The molecule has 37 heavy (non-hydrogen) atoms. The number of hydrogen-bond donors (Lipinski definition) is 1. The Morgan fingerprint density at radius 3 is 1.95 bits per heavy atom. The molecular formula is C30H37F3N2O2. The molecule has 200 valence electrons. The fraction of sp³-hybridized carbons (Fsp3) is 0.567. The van der Waals surface area contributed by atoms with Crippen LogP contribution in [0.1, 0.15) is 85.7 Å². The number of halogens is 3. The van der Waals surface area contributed by atoms with Crippen LogP contribution < -0.4 is 0 Å². The van der Waals surface area contributed by atoms with Crippen LogP contribution in [0.2, 0.25) is 0 Å². The van der Waals surface area contributed by atoms with E-state index >= 15 is 0 Å². The molecule has 2 saturated carbocycles. The first-order chi connectivity index (χ1) is 17.6. The minimum Gasteiger partial charge on any atom is -0.376 e. The van der Waals surface area contributed by atoms with Crippen molar-refractivity contribution in [1.29, 1.82) is 0 Å². The van der Waals surface area contributed by atoms with E-state index in [1.54, 1.807) is 0 Å². The zero-order chi connectivity index (χ0) is 26.2. The van der Waals surface area contributed by atoms with Crippen LogP contribution in [0.5, 0.6) is 0 Å². The number of piperidine rings is 1. The van der Waals surface area contributed by atoms with E-state index in [2.05, 4.69) is 35.2 Å². The number of aliphatic hydroxyl groups is 1. The summed E-state index contributed by atoms with van der Waals surface area (Å²) in [5, 5.41) is 9.94. The van der Waals surface area contributed by atoms with E-state index in [9.17, 15) is 23.1 Å². The summed E-state index contributed by atoms with van der Waals surface area (Å²) >= 11 is 0. The van der Waals surface area contributed by atoms with Gasteiger partial charge in [-0.2, -0.15) is 13.2 Å². The van der Waals surface area contributed by atoms with Crippen LogP contribution in [-0.4, -0.2) is 58.2 Å². The van der Waals surface area contributed by atoms with Crippen molar-refractivity contribution in [3.05, 3.63) is 71.3 Å². The average Bonchev–Trinajstić information content (AvgIpc) is 3.74. The summed E-state index contributed by atoms with van der Waals surface area (Å²) < 4.78 is 39.6. The number of benzene rings is 2. The maximum atomic E-state index is 13.5. The molecule has 3 aliphatic rings. The largest absolute Gasteiger partial charge is 0.421 e. The highest BCUT2D eigenvalue weighted by molar-refractivity contribution is 5.95. The Hall–Kier alpha value is -2.38. The topological polar surface area (TPSA) is 43.8 Å². The molecule has 5 rings (SSSR count). The maximum absolute atomic E-state index is 13.5. The molecule has 1 N–H and O–H groups in total. The summed E-state index contributed by atoms with van der Waals surface area (Å²) in [5.74, 6) is 0.548. The van der Waals surface area contributed by atoms with Gasteiger partial charge in [-0.15, -0.1) is 0 Å². The summed E-state index contributed by atoms with van der Waals surface area (Å²) in [5.41, 5.74) is -1.37. The van der Waals surface area contributed by atoms with Crippen molar-refractivity contribution in [2.75, 3.05) is 13.1 Å². The van der Waals surface area contributed by atoms with Gasteiger partial charge in [-0.05, 0) is 87.5 Å². The second-order valence-electron chi connectivity index (χ2n) is 11.3. The first kappa shape index (κ1) is 26.2. The van der Waals surface area contributed by atoms with E-state index in [-0.39, 0.29) is 23.6 Å². The molecule has 0 radical (unpaired) electrons. The molecule has 0 unspecified atom stereocenters. The van der Waals surface area contributed by atoms with Gasteiger partial charge < -0.3 is 14.9 Å². The Bertz CT molecular complexity index is 1050. The monoisotopic (exact) mass is 514 g/mol. The minimum absolute atomic E-state index is 0.109. The van der Waals surface area contributed by atoms with Crippen LogP contribution in [0.4, 0.5) is 13.2 Å². The molecule has 2 aliphatic carbocycles. The lowest BCUT2D eigenvalue weighted by atomic mass is 9.81. The Kier molecular flexibility index (Phi) is 7.38. The van der Waals surface area contributed by atoms with E-state index < -0.39 is 11.8 Å². The molecule has 2 aromatic carbocycles. The summed E-state index contributed by atoms with van der Waals surface area (Å²) in [6, 6.07) is 17.1. The molecule has 3 fully saturated rings. The van der Waals surface area contributed by atoms with Crippen molar-refractivity contribution in [2.24, 2.45) is 0 Å². The van der Waals surface area contributed by atoms with Gasteiger partial charge in [0.25, 0.3) is 5.91 Å². The molecule has 2 aromatic rings. The molecular weight excluding hydrogens is 477 g/mol. The lowest BCUT2D eigenvalue weighted by Gasteiger charge is -2.43. The van der Waals surface area contributed by atoms with Gasteiger partial charge >= 0.3 is 6.18 Å². The second kappa shape index (κ2) is 10.4. The van der Waals surface area contributed by atoms with Crippen molar-refractivity contribution in [2.45, 2.75) is 94.1 Å². The van der Waals surface area contributed by atoms with E-state index in [0.717, 1.165) is 45.7 Å². The Balaban J connectivity index is 1.18. The predicted molar refractivity (Wildman–Crippen MR) is 137 cm³/mol. The Morgan fingerprint density at radius 1 is 0.838 bits per heavy atom. The number of amides is 1. The zero-order valence-corrected chi connectivity index (χ0v) is 21.5. The zero-order valence-electron chi connectivity index (χ0n) is 21.5. The summed E-state index contributed by atoms with van der Waals surface area (Å²) in [7, 11) is 0. The van der Waals surface area contributed by atoms with Crippen LogP contribution in [-0.2, 0) is 5.60 Å². The van der Waals surface area contributed by atoms with Crippen LogP contribution in [0, 0.1) is 0 Å². The first-order valence-electron chi connectivity index (χ1n) is 13.7.